The summed E-state index contributed by atoms with van der Waals surface area (Å²) in [4.78, 5) is 11.7. The van der Waals surface area contributed by atoms with Crippen molar-refractivity contribution in [2.45, 2.75) is 12.8 Å². The van der Waals surface area contributed by atoms with Crippen molar-refractivity contribution in [1.82, 2.24) is 0 Å². The number of carbonyl (C=O) groups is 1. The number of hydrogen-bond acceptors (Lipinski definition) is 4. The molecular weight excluding hydrogens is 258 g/mol. The van der Waals surface area contributed by atoms with E-state index < -0.39 is 0 Å². The molecule has 0 saturated heterocycles. The maximum atomic E-state index is 11.7. The Morgan fingerprint density at radius 3 is 2.85 bits per heavy atom. The van der Waals surface area contributed by atoms with Gasteiger partial charge in [-0.1, -0.05) is 11.8 Å². The first-order valence-electron chi connectivity index (χ1n) is 6.27. The van der Waals surface area contributed by atoms with E-state index in [2.05, 4.69) is 17.2 Å². The number of aliphatic hydroxyl groups is 1. The van der Waals surface area contributed by atoms with Crippen molar-refractivity contribution in [3.63, 3.8) is 0 Å². The number of benzene rings is 1. The number of amides is 1. The van der Waals surface area contributed by atoms with E-state index in [0.29, 0.717) is 24.5 Å². The van der Waals surface area contributed by atoms with Crippen molar-refractivity contribution in [3.8, 4) is 17.6 Å². The minimum absolute atomic E-state index is 0.0315. The van der Waals surface area contributed by atoms with E-state index in [1.807, 2.05) is 0 Å². The summed E-state index contributed by atoms with van der Waals surface area (Å²) >= 11 is 0. The molecule has 0 bridgehead atoms. The van der Waals surface area contributed by atoms with Gasteiger partial charge in [-0.15, -0.1) is 0 Å². The average Bonchev–Trinajstić information content (AvgIpc) is 2.46. The maximum Gasteiger partial charge on any atom is 0.226 e. The van der Waals surface area contributed by atoms with Gasteiger partial charge in [-0.2, -0.15) is 0 Å². The van der Waals surface area contributed by atoms with Crippen molar-refractivity contribution in [3.05, 3.63) is 23.8 Å². The molecule has 0 spiro atoms. The van der Waals surface area contributed by atoms with Crippen LogP contribution in [0.4, 0.5) is 5.69 Å². The molecule has 0 heterocycles. The Balaban J connectivity index is 2.84. The van der Waals surface area contributed by atoms with E-state index in [1.54, 1.807) is 25.3 Å². The maximum absolute atomic E-state index is 11.7. The molecule has 0 aliphatic heterocycles. The first kappa shape index (κ1) is 16.0. The van der Waals surface area contributed by atoms with Crippen LogP contribution in [0, 0.1) is 11.8 Å². The number of methoxy groups -OCH3 is 2. The summed E-state index contributed by atoms with van der Waals surface area (Å²) in [5, 5.41) is 11.5. The topological polar surface area (TPSA) is 67.8 Å². The molecule has 0 aromatic heterocycles. The molecule has 1 amide bonds. The molecule has 1 aromatic rings. The summed E-state index contributed by atoms with van der Waals surface area (Å²) in [5.41, 5.74) is 1.32. The van der Waals surface area contributed by atoms with Gasteiger partial charge < -0.3 is 19.9 Å². The van der Waals surface area contributed by atoms with E-state index in [0.717, 1.165) is 5.56 Å². The molecular formula is C15H19NO4. The van der Waals surface area contributed by atoms with E-state index in [1.165, 1.54) is 7.11 Å². The quantitative estimate of drug-likeness (QED) is 0.771. The van der Waals surface area contributed by atoms with Crippen LogP contribution in [0.15, 0.2) is 18.2 Å². The van der Waals surface area contributed by atoms with Crippen LogP contribution in [0.3, 0.4) is 0 Å². The summed E-state index contributed by atoms with van der Waals surface area (Å²) in [7, 11) is 3.09. The highest BCUT2D eigenvalue weighted by atomic mass is 16.5. The van der Waals surface area contributed by atoms with Gasteiger partial charge in [0.2, 0.25) is 5.91 Å². The first-order chi connectivity index (χ1) is 9.71. The molecule has 1 aromatic carbocycles. The molecule has 2 N–H and O–H groups in total. The fourth-order valence-electron chi connectivity index (χ4n) is 1.51. The Bertz CT molecular complexity index is 502. The molecule has 0 saturated carbocycles. The lowest BCUT2D eigenvalue weighted by molar-refractivity contribution is -0.117. The van der Waals surface area contributed by atoms with Crippen LogP contribution in [0.25, 0.3) is 0 Å². The summed E-state index contributed by atoms with van der Waals surface area (Å²) in [6, 6.07) is 5.29. The highest BCUT2D eigenvalue weighted by Gasteiger charge is 2.08. The second-order valence-electron chi connectivity index (χ2n) is 3.98. The van der Waals surface area contributed by atoms with E-state index in [4.69, 9.17) is 14.6 Å². The summed E-state index contributed by atoms with van der Waals surface area (Å²) in [5.74, 6) is 6.17. The van der Waals surface area contributed by atoms with Gasteiger partial charge in [0, 0.05) is 19.1 Å². The molecule has 0 unspecified atom stereocenters. The molecule has 0 radical (unpaired) electrons. The van der Waals surface area contributed by atoms with Crippen LogP contribution >= 0.6 is 0 Å². The Morgan fingerprint density at radius 1 is 1.40 bits per heavy atom. The van der Waals surface area contributed by atoms with Gasteiger partial charge in [0.05, 0.1) is 32.4 Å². The number of rotatable bonds is 6. The summed E-state index contributed by atoms with van der Waals surface area (Å²) in [6.45, 7) is 0.397. The zero-order valence-electron chi connectivity index (χ0n) is 11.7. The van der Waals surface area contributed by atoms with Gasteiger partial charge >= 0.3 is 0 Å². The predicted octanol–water partition coefficient (Wildman–Crippen LogP) is 1.40. The second-order valence-corrected chi connectivity index (χ2v) is 3.98. The van der Waals surface area contributed by atoms with Crippen molar-refractivity contribution >= 4 is 11.6 Å². The number of ether oxygens (including phenoxy) is 2. The molecule has 108 valence electrons. The smallest absolute Gasteiger partial charge is 0.226 e. The van der Waals surface area contributed by atoms with E-state index >= 15 is 0 Å². The van der Waals surface area contributed by atoms with Crippen LogP contribution in [-0.4, -0.2) is 38.4 Å². The lowest BCUT2D eigenvalue weighted by Crippen LogP contribution is -2.14. The molecule has 0 atom stereocenters. The monoisotopic (exact) mass is 277 g/mol. The Morgan fingerprint density at radius 2 is 2.20 bits per heavy atom. The zero-order valence-corrected chi connectivity index (χ0v) is 11.7. The van der Waals surface area contributed by atoms with Crippen molar-refractivity contribution in [2.75, 3.05) is 32.8 Å². The third-order valence-electron chi connectivity index (χ3n) is 2.48. The molecule has 20 heavy (non-hydrogen) atoms. The standard InChI is InChI=1S/C15H19NO4/c1-19-10-8-15(18)16-13-11-12(5-3-4-9-17)6-7-14(13)20-2/h6-7,11,17H,4,8-10H2,1-2H3,(H,16,18). The highest BCUT2D eigenvalue weighted by Crippen LogP contribution is 2.25. The SMILES string of the molecule is COCCC(=O)Nc1cc(C#CCCO)ccc1OC. The van der Waals surface area contributed by atoms with Crippen LogP contribution in [0.1, 0.15) is 18.4 Å². The normalized spacial score (nSPS) is 9.55. The van der Waals surface area contributed by atoms with Crippen LogP contribution in [0.2, 0.25) is 0 Å². The molecule has 0 aliphatic carbocycles. The van der Waals surface area contributed by atoms with E-state index in [9.17, 15) is 4.79 Å². The Kier molecular flexibility index (Phi) is 7.18. The van der Waals surface area contributed by atoms with Gasteiger partial charge in [0.1, 0.15) is 5.75 Å². The van der Waals surface area contributed by atoms with Crippen molar-refractivity contribution in [1.29, 1.82) is 0 Å². The fraction of sp³-hybridized carbons (Fsp3) is 0.400. The van der Waals surface area contributed by atoms with Crippen LogP contribution < -0.4 is 10.1 Å². The van der Waals surface area contributed by atoms with E-state index in [-0.39, 0.29) is 18.9 Å². The Hall–Kier alpha value is -2.03. The van der Waals surface area contributed by atoms with Gasteiger partial charge in [-0.3, -0.25) is 4.79 Å². The minimum atomic E-state index is -0.148. The minimum Gasteiger partial charge on any atom is -0.495 e. The third-order valence-corrected chi connectivity index (χ3v) is 2.48. The van der Waals surface area contributed by atoms with Gasteiger partial charge in [0.25, 0.3) is 0 Å². The number of anilines is 1. The van der Waals surface area contributed by atoms with Gasteiger partial charge in [0.15, 0.2) is 0 Å². The third kappa shape index (κ3) is 5.31. The lowest BCUT2D eigenvalue weighted by atomic mass is 10.1. The van der Waals surface area contributed by atoms with Crippen LogP contribution in [0.5, 0.6) is 5.75 Å². The largest absolute Gasteiger partial charge is 0.495 e. The summed E-state index contributed by atoms with van der Waals surface area (Å²) < 4.78 is 10.1. The molecule has 5 nitrogen and oxygen atoms in total. The molecule has 5 heteroatoms. The highest BCUT2D eigenvalue weighted by molar-refractivity contribution is 5.92. The molecule has 0 aliphatic rings. The van der Waals surface area contributed by atoms with Crippen molar-refractivity contribution in [2.24, 2.45) is 0 Å². The lowest BCUT2D eigenvalue weighted by Gasteiger charge is -2.10. The first-order valence-corrected chi connectivity index (χ1v) is 6.27. The number of nitrogens with one attached hydrogen (secondary N) is 1. The van der Waals surface area contributed by atoms with Gasteiger partial charge in [-0.25, -0.2) is 0 Å². The Labute approximate surface area is 118 Å². The van der Waals surface area contributed by atoms with Crippen LogP contribution in [-0.2, 0) is 9.53 Å². The number of hydrogen-bond donors (Lipinski definition) is 2. The second kappa shape index (κ2) is 8.97. The molecule has 1 rings (SSSR count). The summed E-state index contributed by atoms with van der Waals surface area (Å²) in [6.07, 6.45) is 0.696. The zero-order chi connectivity index (χ0) is 14.8. The average molecular weight is 277 g/mol. The number of carbonyl (C=O) groups excluding carboxylic acids is 1. The number of aliphatic hydroxyl groups excluding tert-OH is 1. The molecule has 0 fully saturated rings. The predicted molar refractivity (Wildman–Crippen MR) is 76.7 cm³/mol. The fourth-order valence-corrected chi connectivity index (χ4v) is 1.51. The van der Waals surface area contributed by atoms with Gasteiger partial charge in [-0.05, 0) is 18.2 Å². The van der Waals surface area contributed by atoms with Crippen molar-refractivity contribution < 1.29 is 19.4 Å².